The lowest BCUT2D eigenvalue weighted by molar-refractivity contribution is 0.0926. The van der Waals surface area contributed by atoms with Crippen molar-refractivity contribution in [2.24, 2.45) is 0 Å². The van der Waals surface area contributed by atoms with Gasteiger partial charge in [-0.05, 0) is 36.6 Å². The Balaban J connectivity index is 1.62. The van der Waals surface area contributed by atoms with Crippen LogP contribution in [0.25, 0.3) is 0 Å². The van der Waals surface area contributed by atoms with Crippen LogP contribution in [0.3, 0.4) is 0 Å². The van der Waals surface area contributed by atoms with Crippen LogP contribution in [0, 0.1) is 0 Å². The molecule has 19 heavy (non-hydrogen) atoms. The summed E-state index contributed by atoms with van der Waals surface area (Å²) in [4.78, 5) is 11.7. The molecule has 5 heteroatoms. The van der Waals surface area contributed by atoms with Gasteiger partial charge in [0.2, 0.25) is 0 Å². The number of hydrogen-bond acceptors (Lipinski definition) is 3. The summed E-state index contributed by atoms with van der Waals surface area (Å²) in [5.74, 6) is 0.0500. The molecule has 1 heterocycles. The Morgan fingerprint density at radius 3 is 2.58 bits per heavy atom. The smallest absolute Gasteiger partial charge is 0.287 e. The summed E-state index contributed by atoms with van der Waals surface area (Å²) in [6.07, 6.45) is 7.84. The lowest BCUT2D eigenvalue weighted by Gasteiger charge is -2.16. The Bertz CT molecular complexity index is 398. The predicted molar refractivity (Wildman–Crippen MR) is 75.5 cm³/mol. The molecule has 1 aliphatic rings. The lowest BCUT2D eigenvalue weighted by atomic mass is 10.1. The molecule has 1 amide bonds. The average molecular weight is 285 g/mol. The van der Waals surface area contributed by atoms with Gasteiger partial charge in [-0.25, -0.2) is 0 Å². The molecule has 0 saturated heterocycles. The van der Waals surface area contributed by atoms with E-state index in [4.69, 9.17) is 16.0 Å². The number of rotatable bonds is 5. The van der Waals surface area contributed by atoms with Gasteiger partial charge in [0.25, 0.3) is 5.91 Å². The maximum Gasteiger partial charge on any atom is 0.287 e. The van der Waals surface area contributed by atoms with Gasteiger partial charge >= 0.3 is 0 Å². The summed E-state index contributed by atoms with van der Waals surface area (Å²) in [6.45, 7) is 1.40. The van der Waals surface area contributed by atoms with E-state index in [0.29, 0.717) is 12.6 Å². The maximum absolute atomic E-state index is 11.7. The van der Waals surface area contributed by atoms with Crippen LogP contribution < -0.4 is 10.6 Å². The zero-order valence-corrected chi connectivity index (χ0v) is 11.8. The van der Waals surface area contributed by atoms with E-state index in [1.54, 1.807) is 12.1 Å². The van der Waals surface area contributed by atoms with Crippen LogP contribution in [-0.4, -0.2) is 25.0 Å². The van der Waals surface area contributed by atoms with E-state index in [9.17, 15) is 4.79 Å². The van der Waals surface area contributed by atoms with Crippen LogP contribution in [0.1, 0.15) is 49.1 Å². The van der Waals surface area contributed by atoms with Gasteiger partial charge in [0, 0.05) is 19.1 Å². The quantitative estimate of drug-likeness (QED) is 0.646. The van der Waals surface area contributed by atoms with Gasteiger partial charge in [0.15, 0.2) is 11.0 Å². The van der Waals surface area contributed by atoms with Crippen LogP contribution in [0.4, 0.5) is 0 Å². The summed E-state index contributed by atoms with van der Waals surface area (Å²) >= 11 is 5.62. The first kappa shape index (κ1) is 14.4. The Kier molecular flexibility index (Phi) is 5.73. The highest BCUT2D eigenvalue weighted by atomic mass is 35.5. The highest BCUT2D eigenvalue weighted by Gasteiger charge is 2.12. The van der Waals surface area contributed by atoms with Crippen LogP contribution in [0.2, 0.25) is 5.22 Å². The third-order valence-electron chi connectivity index (χ3n) is 3.50. The first-order chi connectivity index (χ1) is 9.25. The molecule has 0 aromatic carbocycles. The minimum absolute atomic E-state index is 0.213. The van der Waals surface area contributed by atoms with Crippen molar-refractivity contribution in [3.8, 4) is 0 Å². The molecule has 0 atom stereocenters. The molecule has 4 nitrogen and oxygen atoms in total. The Morgan fingerprint density at radius 2 is 1.95 bits per heavy atom. The van der Waals surface area contributed by atoms with Crippen molar-refractivity contribution in [1.82, 2.24) is 10.6 Å². The molecule has 106 valence electrons. The number of amides is 1. The Hall–Kier alpha value is -1.00. The first-order valence-electron chi connectivity index (χ1n) is 7.02. The van der Waals surface area contributed by atoms with Crippen molar-refractivity contribution in [2.45, 2.75) is 44.6 Å². The van der Waals surface area contributed by atoms with Crippen LogP contribution in [0.15, 0.2) is 16.5 Å². The van der Waals surface area contributed by atoms with E-state index in [-0.39, 0.29) is 16.9 Å². The van der Waals surface area contributed by atoms with Crippen LogP contribution in [0.5, 0.6) is 0 Å². The zero-order chi connectivity index (χ0) is 13.5. The third kappa shape index (κ3) is 4.88. The van der Waals surface area contributed by atoms with E-state index >= 15 is 0 Å². The fourth-order valence-electron chi connectivity index (χ4n) is 2.46. The van der Waals surface area contributed by atoms with Crippen molar-refractivity contribution >= 4 is 17.5 Å². The van der Waals surface area contributed by atoms with E-state index < -0.39 is 0 Å². The molecule has 1 aromatic rings. The molecule has 0 spiro atoms. The normalized spacial score (nSPS) is 17.1. The Morgan fingerprint density at radius 1 is 1.21 bits per heavy atom. The number of hydrogen-bond donors (Lipinski definition) is 2. The summed E-state index contributed by atoms with van der Waals surface area (Å²) < 4.78 is 5.04. The topological polar surface area (TPSA) is 54.3 Å². The fraction of sp³-hybridized carbons (Fsp3) is 0.643. The van der Waals surface area contributed by atoms with Gasteiger partial charge in [-0.3, -0.25) is 4.79 Å². The molecule has 1 fully saturated rings. The van der Waals surface area contributed by atoms with Crippen molar-refractivity contribution in [1.29, 1.82) is 0 Å². The minimum Gasteiger partial charge on any atom is -0.440 e. The second kappa shape index (κ2) is 7.56. The third-order valence-corrected chi connectivity index (χ3v) is 3.70. The summed E-state index contributed by atoms with van der Waals surface area (Å²) in [6, 6.07) is 3.76. The molecule has 0 aliphatic heterocycles. The fourth-order valence-corrected chi connectivity index (χ4v) is 2.61. The number of carbonyl (C=O) groups is 1. The number of nitrogens with one attached hydrogen (secondary N) is 2. The van der Waals surface area contributed by atoms with Gasteiger partial charge in [-0.1, -0.05) is 25.7 Å². The molecule has 0 radical (unpaired) electrons. The van der Waals surface area contributed by atoms with Gasteiger partial charge in [-0.15, -0.1) is 0 Å². The predicted octanol–water partition coefficient (Wildman–Crippen LogP) is 2.98. The molecule has 2 N–H and O–H groups in total. The van der Waals surface area contributed by atoms with Gasteiger partial charge in [0.05, 0.1) is 0 Å². The molecule has 1 aromatic heterocycles. The zero-order valence-electron chi connectivity index (χ0n) is 11.1. The van der Waals surface area contributed by atoms with Crippen LogP contribution >= 0.6 is 11.6 Å². The lowest BCUT2D eigenvalue weighted by Crippen LogP contribution is -2.36. The highest BCUT2D eigenvalue weighted by Crippen LogP contribution is 2.16. The second-order valence-corrected chi connectivity index (χ2v) is 5.37. The van der Waals surface area contributed by atoms with E-state index in [1.165, 1.54) is 38.5 Å². The number of furan rings is 1. The monoisotopic (exact) mass is 284 g/mol. The summed E-state index contributed by atoms with van der Waals surface area (Å²) in [5.41, 5.74) is 0. The summed E-state index contributed by atoms with van der Waals surface area (Å²) in [5, 5.41) is 6.55. The number of carbonyl (C=O) groups excluding carboxylic acids is 1. The van der Waals surface area contributed by atoms with E-state index in [2.05, 4.69) is 10.6 Å². The van der Waals surface area contributed by atoms with Crippen molar-refractivity contribution < 1.29 is 9.21 Å². The van der Waals surface area contributed by atoms with E-state index in [0.717, 1.165) is 6.54 Å². The molecular weight excluding hydrogens is 264 g/mol. The van der Waals surface area contributed by atoms with Gasteiger partial charge < -0.3 is 15.1 Å². The average Bonchev–Trinajstić information content (AvgIpc) is 2.68. The van der Waals surface area contributed by atoms with Crippen molar-refractivity contribution in [3.63, 3.8) is 0 Å². The molecule has 0 unspecified atom stereocenters. The van der Waals surface area contributed by atoms with Gasteiger partial charge in [-0.2, -0.15) is 0 Å². The summed E-state index contributed by atoms with van der Waals surface area (Å²) in [7, 11) is 0. The number of halogens is 1. The standard InChI is InChI=1S/C14H21ClN2O2/c15-13-8-7-12(19-13)14(18)17-10-9-16-11-5-3-1-2-4-6-11/h7-8,11,16H,1-6,9-10H2,(H,17,18). The molecule has 2 rings (SSSR count). The van der Waals surface area contributed by atoms with E-state index in [1.807, 2.05) is 0 Å². The molecule has 1 aliphatic carbocycles. The van der Waals surface area contributed by atoms with Crippen LogP contribution in [-0.2, 0) is 0 Å². The highest BCUT2D eigenvalue weighted by molar-refractivity contribution is 6.29. The van der Waals surface area contributed by atoms with Crippen molar-refractivity contribution in [2.75, 3.05) is 13.1 Å². The maximum atomic E-state index is 11.7. The second-order valence-electron chi connectivity index (χ2n) is 5.00. The SMILES string of the molecule is O=C(NCCNC1CCCCCC1)c1ccc(Cl)o1. The Labute approximate surface area is 118 Å². The first-order valence-corrected chi connectivity index (χ1v) is 7.40. The minimum atomic E-state index is -0.213. The largest absolute Gasteiger partial charge is 0.440 e. The molecular formula is C14H21ClN2O2. The molecule has 1 saturated carbocycles. The van der Waals surface area contributed by atoms with Crippen molar-refractivity contribution in [3.05, 3.63) is 23.1 Å². The molecule has 0 bridgehead atoms. The van der Waals surface area contributed by atoms with Gasteiger partial charge in [0.1, 0.15) is 0 Å².